The van der Waals surface area contributed by atoms with Gasteiger partial charge in [-0.15, -0.1) is 0 Å². The second-order valence-electron chi connectivity index (χ2n) is 2.38. The number of amides is 1. The molecule has 0 aliphatic rings. The van der Waals surface area contributed by atoms with Crippen LogP contribution in [0.2, 0.25) is 10.0 Å². The molecule has 0 aromatic carbocycles. The minimum absolute atomic E-state index is 0.130. The number of hydrogen-bond acceptors (Lipinski definition) is 2. The van der Waals surface area contributed by atoms with Gasteiger partial charge in [-0.25, -0.2) is 0 Å². The summed E-state index contributed by atoms with van der Waals surface area (Å²) in [4.78, 5) is 14.8. The van der Waals surface area contributed by atoms with E-state index in [1.165, 1.54) is 12.4 Å². The summed E-state index contributed by atoms with van der Waals surface area (Å²) >= 11 is 11.5. The fourth-order valence-electron chi connectivity index (χ4n) is 0.759. The van der Waals surface area contributed by atoms with Crippen molar-refractivity contribution < 1.29 is 4.79 Å². The first-order valence-electron chi connectivity index (χ1n) is 3.74. The van der Waals surface area contributed by atoms with E-state index < -0.39 is 0 Å². The van der Waals surface area contributed by atoms with Gasteiger partial charge in [0.2, 0.25) is 5.91 Å². The lowest BCUT2D eigenvalue weighted by Crippen LogP contribution is -2.10. The number of nitrogens with one attached hydrogen (secondary N) is 1. The molecule has 1 N–H and O–H groups in total. The first kappa shape index (κ1) is 10.3. The Morgan fingerprint density at radius 3 is 2.46 bits per heavy atom. The first-order chi connectivity index (χ1) is 6.15. The number of anilines is 1. The standard InChI is InChI=1S/C8H8Cl2N2O/c1-2-7(13)12-8-5(9)3-11-4-6(8)10/h3-4H,2H2,1H3,(H,11,12,13). The number of hydrogen-bond donors (Lipinski definition) is 1. The quantitative estimate of drug-likeness (QED) is 0.830. The molecule has 0 fully saturated rings. The molecule has 0 saturated heterocycles. The first-order valence-corrected chi connectivity index (χ1v) is 4.49. The van der Waals surface area contributed by atoms with Crippen LogP contribution < -0.4 is 5.32 Å². The summed E-state index contributed by atoms with van der Waals surface area (Å²) in [7, 11) is 0. The molecule has 0 aliphatic heterocycles. The number of carbonyl (C=O) groups is 1. The Balaban J connectivity index is 2.93. The van der Waals surface area contributed by atoms with Crippen LogP contribution in [0.1, 0.15) is 13.3 Å². The molecule has 0 atom stereocenters. The van der Waals surface area contributed by atoms with Crippen LogP contribution >= 0.6 is 23.2 Å². The zero-order valence-corrected chi connectivity index (χ0v) is 8.49. The summed E-state index contributed by atoms with van der Waals surface area (Å²) in [5, 5.41) is 3.27. The van der Waals surface area contributed by atoms with Gasteiger partial charge >= 0.3 is 0 Å². The molecule has 3 nitrogen and oxygen atoms in total. The molecule has 0 unspecified atom stereocenters. The average Bonchev–Trinajstić information content (AvgIpc) is 2.11. The van der Waals surface area contributed by atoms with E-state index in [1.54, 1.807) is 6.92 Å². The van der Waals surface area contributed by atoms with Gasteiger partial charge in [0.1, 0.15) is 0 Å². The number of aromatic nitrogens is 1. The smallest absolute Gasteiger partial charge is 0.224 e. The van der Waals surface area contributed by atoms with Crippen molar-refractivity contribution in [1.29, 1.82) is 0 Å². The van der Waals surface area contributed by atoms with E-state index >= 15 is 0 Å². The Morgan fingerprint density at radius 2 is 2.00 bits per heavy atom. The number of nitrogens with zero attached hydrogens (tertiary/aromatic N) is 1. The molecular formula is C8H8Cl2N2O. The lowest BCUT2D eigenvalue weighted by Gasteiger charge is -2.06. The minimum Gasteiger partial charge on any atom is -0.323 e. The highest BCUT2D eigenvalue weighted by molar-refractivity contribution is 6.39. The van der Waals surface area contributed by atoms with E-state index in [4.69, 9.17) is 23.2 Å². The molecule has 1 aromatic rings. The van der Waals surface area contributed by atoms with Gasteiger partial charge in [0.15, 0.2) is 0 Å². The van der Waals surface area contributed by atoms with E-state index in [-0.39, 0.29) is 5.91 Å². The monoisotopic (exact) mass is 218 g/mol. The second kappa shape index (κ2) is 4.44. The summed E-state index contributed by atoms with van der Waals surface area (Å²) in [6.45, 7) is 1.75. The van der Waals surface area contributed by atoms with Gasteiger partial charge < -0.3 is 5.32 Å². The van der Waals surface area contributed by atoms with Crippen molar-refractivity contribution >= 4 is 34.8 Å². The molecule has 0 saturated carbocycles. The van der Waals surface area contributed by atoms with Gasteiger partial charge in [0.05, 0.1) is 15.7 Å². The largest absolute Gasteiger partial charge is 0.323 e. The maximum Gasteiger partial charge on any atom is 0.224 e. The molecule has 0 spiro atoms. The predicted octanol–water partition coefficient (Wildman–Crippen LogP) is 2.74. The molecule has 70 valence electrons. The Hall–Kier alpha value is -0.800. The van der Waals surface area contributed by atoms with Crippen molar-refractivity contribution in [3.05, 3.63) is 22.4 Å². The normalized spacial score (nSPS) is 9.77. The summed E-state index contributed by atoms with van der Waals surface area (Å²) in [6.07, 6.45) is 3.24. The topological polar surface area (TPSA) is 42.0 Å². The third kappa shape index (κ3) is 2.57. The molecule has 1 heterocycles. The Morgan fingerprint density at radius 1 is 1.46 bits per heavy atom. The van der Waals surface area contributed by atoms with Crippen LogP contribution in [-0.2, 0) is 4.79 Å². The molecule has 0 radical (unpaired) electrons. The van der Waals surface area contributed by atoms with Gasteiger partial charge in [-0.1, -0.05) is 30.1 Å². The highest BCUT2D eigenvalue weighted by Gasteiger charge is 2.07. The van der Waals surface area contributed by atoms with Crippen molar-refractivity contribution in [3.63, 3.8) is 0 Å². The molecule has 13 heavy (non-hydrogen) atoms. The lowest BCUT2D eigenvalue weighted by molar-refractivity contribution is -0.115. The number of halogens is 2. The highest BCUT2D eigenvalue weighted by Crippen LogP contribution is 2.28. The third-order valence-electron chi connectivity index (χ3n) is 1.44. The van der Waals surface area contributed by atoms with E-state index in [2.05, 4.69) is 10.3 Å². The van der Waals surface area contributed by atoms with E-state index in [9.17, 15) is 4.79 Å². The molecular weight excluding hydrogens is 211 g/mol. The van der Waals surface area contributed by atoms with Crippen LogP contribution in [0.3, 0.4) is 0 Å². The summed E-state index contributed by atoms with van der Waals surface area (Å²) < 4.78 is 0. The van der Waals surface area contributed by atoms with Crippen LogP contribution in [0, 0.1) is 0 Å². The van der Waals surface area contributed by atoms with Crippen molar-refractivity contribution in [2.45, 2.75) is 13.3 Å². The van der Waals surface area contributed by atoms with Gasteiger partial charge in [-0.3, -0.25) is 9.78 Å². The van der Waals surface area contributed by atoms with Crippen LogP contribution in [0.15, 0.2) is 12.4 Å². The maximum atomic E-state index is 11.0. The van der Waals surface area contributed by atoms with Crippen LogP contribution in [0.25, 0.3) is 0 Å². The Bertz CT molecular complexity index is 308. The molecule has 1 rings (SSSR count). The summed E-state index contributed by atoms with van der Waals surface area (Å²) in [6, 6.07) is 0. The Labute approximate surface area is 86.1 Å². The zero-order chi connectivity index (χ0) is 9.84. The van der Waals surface area contributed by atoms with Crippen molar-refractivity contribution in [1.82, 2.24) is 4.98 Å². The molecule has 0 bridgehead atoms. The van der Waals surface area contributed by atoms with Gasteiger partial charge in [-0.2, -0.15) is 0 Å². The molecule has 0 aliphatic carbocycles. The predicted molar refractivity (Wildman–Crippen MR) is 53.2 cm³/mol. The summed E-state index contributed by atoms with van der Waals surface area (Å²) in [5.74, 6) is -0.130. The van der Waals surface area contributed by atoms with E-state index in [1.807, 2.05) is 0 Å². The second-order valence-corrected chi connectivity index (χ2v) is 3.19. The van der Waals surface area contributed by atoms with Crippen LogP contribution in [-0.4, -0.2) is 10.9 Å². The van der Waals surface area contributed by atoms with Crippen molar-refractivity contribution in [2.75, 3.05) is 5.32 Å². The lowest BCUT2D eigenvalue weighted by atomic mass is 10.3. The van der Waals surface area contributed by atoms with Crippen molar-refractivity contribution in [3.8, 4) is 0 Å². The average molecular weight is 219 g/mol. The summed E-state index contributed by atoms with van der Waals surface area (Å²) in [5.41, 5.74) is 0.421. The van der Waals surface area contributed by atoms with Crippen LogP contribution in [0.4, 0.5) is 5.69 Å². The molecule has 1 aromatic heterocycles. The number of rotatable bonds is 2. The third-order valence-corrected chi connectivity index (χ3v) is 2.01. The van der Waals surface area contributed by atoms with Gasteiger partial charge in [0.25, 0.3) is 0 Å². The fourth-order valence-corrected chi connectivity index (χ4v) is 1.22. The minimum atomic E-state index is -0.130. The Kier molecular flexibility index (Phi) is 3.51. The van der Waals surface area contributed by atoms with Crippen LogP contribution in [0.5, 0.6) is 0 Å². The molecule has 5 heteroatoms. The zero-order valence-electron chi connectivity index (χ0n) is 6.97. The molecule has 1 amide bonds. The highest BCUT2D eigenvalue weighted by atomic mass is 35.5. The fraction of sp³-hybridized carbons (Fsp3) is 0.250. The van der Waals surface area contributed by atoms with Gasteiger partial charge in [-0.05, 0) is 0 Å². The van der Waals surface area contributed by atoms with Gasteiger partial charge in [0, 0.05) is 18.8 Å². The van der Waals surface area contributed by atoms with Crippen molar-refractivity contribution in [2.24, 2.45) is 0 Å². The maximum absolute atomic E-state index is 11.0. The van der Waals surface area contributed by atoms with E-state index in [0.29, 0.717) is 22.2 Å². The number of carbonyl (C=O) groups excluding carboxylic acids is 1. The SMILES string of the molecule is CCC(=O)Nc1c(Cl)cncc1Cl. The van der Waals surface area contributed by atoms with E-state index in [0.717, 1.165) is 0 Å². The number of pyridine rings is 1.